The topological polar surface area (TPSA) is 101 Å². The van der Waals surface area contributed by atoms with Crippen molar-refractivity contribution in [3.8, 4) is 22.9 Å². The van der Waals surface area contributed by atoms with Crippen LogP contribution in [0.2, 0.25) is 0 Å². The van der Waals surface area contributed by atoms with Gasteiger partial charge in [-0.1, -0.05) is 0 Å². The number of carbonyl (C=O) groups is 1. The number of fused-ring (bicyclic) bond motifs is 1. The lowest BCUT2D eigenvalue weighted by Crippen LogP contribution is -2.48. The molecule has 33 heavy (non-hydrogen) atoms. The summed E-state index contributed by atoms with van der Waals surface area (Å²) in [7, 11) is 0. The highest BCUT2D eigenvalue weighted by Gasteiger charge is 2.22. The summed E-state index contributed by atoms with van der Waals surface area (Å²) in [5.74, 6) is 1.25. The quantitative estimate of drug-likeness (QED) is 0.633. The minimum Gasteiger partial charge on any atom is -0.454 e. The Morgan fingerprint density at radius 1 is 1.00 bits per heavy atom. The Hall–Kier alpha value is -3.95. The normalized spacial score (nSPS) is 15.1. The molecule has 1 saturated heterocycles. The van der Waals surface area contributed by atoms with Crippen molar-refractivity contribution < 1.29 is 18.7 Å². The maximum atomic E-state index is 13.1. The summed E-state index contributed by atoms with van der Waals surface area (Å²) >= 11 is 0. The molecule has 2 aliphatic heterocycles. The SMILES string of the molecule is O=C(CCc1nnc(-c2ccc3c(c2)OCO3)[nH]c1=O)N1CCN(c2ccc(F)cc2)CC1. The molecule has 3 heterocycles. The number of ether oxygens (including phenoxy) is 2. The Balaban J connectivity index is 1.16. The first kappa shape index (κ1) is 20.9. The molecule has 170 valence electrons. The Morgan fingerprint density at radius 3 is 2.52 bits per heavy atom. The monoisotopic (exact) mass is 451 g/mol. The zero-order chi connectivity index (χ0) is 22.8. The van der Waals surface area contributed by atoms with Gasteiger partial charge in [-0.25, -0.2) is 4.39 Å². The maximum absolute atomic E-state index is 13.1. The van der Waals surface area contributed by atoms with Gasteiger partial charge >= 0.3 is 0 Å². The van der Waals surface area contributed by atoms with Crippen LogP contribution in [0.25, 0.3) is 11.4 Å². The van der Waals surface area contributed by atoms with Crippen LogP contribution in [0.1, 0.15) is 12.1 Å². The Labute approximate surface area is 188 Å². The fourth-order valence-corrected chi connectivity index (χ4v) is 3.95. The van der Waals surface area contributed by atoms with Crippen molar-refractivity contribution in [3.05, 3.63) is 64.3 Å². The number of piperazine rings is 1. The van der Waals surface area contributed by atoms with Crippen molar-refractivity contribution in [1.82, 2.24) is 20.1 Å². The maximum Gasteiger partial charge on any atom is 0.273 e. The zero-order valence-corrected chi connectivity index (χ0v) is 17.8. The van der Waals surface area contributed by atoms with E-state index in [1.54, 1.807) is 35.2 Å². The number of nitrogens with zero attached hydrogens (tertiary/aromatic N) is 4. The van der Waals surface area contributed by atoms with Gasteiger partial charge in [0.05, 0.1) is 0 Å². The lowest BCUT2D eigenvalue weighted by atomic mass is 10.2. The predicted octanol–water partition coefficient (Wildman–Crippen LogP) is 1.98. The summed E-state index contributed by atoms with van der Waals surface area (Å²) in [6, 6.07) is 11.6. The van der Waals surface area contributed by atoms with Crippen LogP contribution in [0.4, 0.5) is 10.1 Å². The molecule has 0 atom stereocenters. The van der Waals surface area contributed by atoms with Gasteiger partial charge < -0.3 is 24.3 Å². The number of halogens is 1. The molecule has 1 fully saturated rings. The lowest BCUT2D eigenvalue weighted by molar-refractivity contribution is -0.131. The van der Waals surface area contributed by atoms with E-state index in [1.165, 1.54) is 12.1 Å². The van der Waals surface area contributed by atoms with Crippen molar-refractivity contribution in [2.45, 2.75) is 12.8 Å². The number of anilines is 1. The largest absolute Gasteiger partial charge is 0.454 e. The van der Waals surface area contributed by atoms with Crippen molar-refractivity contribution >= 4 is 11.6 Å². The van der Waals surface area contributed by atoms with Crippen molar-refractivity contribution in [3.63, 3.8) is 0 Å². The standard InChI is InChI=1S/C23H22FN5O4/c24-16-2-4-17(5-3-16)28-9-11-29(12-10-28)21(30)8-6-18-23(31)25-22(27-26-18)15-1-7-19-20(13-15)33-14-32-19/h1-5,7,13H,6,8-12,14H2,(H,25,27,31). The van der Waals surface area contributed by atoms with Crippen molar-refractivity contribution in [2.75, 3.05) is 37.9 Å². The molecule has 1 amide bonds. The molecule has 5 rings (SSSR count). The molecule has 0 unspecified atom stereocenters. The van der Waals surface area contributed by atoms with Gasteiger partial charge in [-0.05, 0) is 42.5 Å². The van der Waals surface area contributed by atoms with E-state index < -0.39 is 0 Å². The minimum atomic E-state index is -0.369. The van der Waals surface area contributed by atoms with Crippen molar-refractivity contribution in [2.24, 2.45) is 0 Å². The summed E-state index contributed by atoms with van der Waals surface area (Å²) < 4.78 is 23.8. The van der Waals surface area contributed by atoms with Crippen LogP contribution in [-0.4, -0.2) is 59.0 Å². The molecule has 0 spiro atoms. The predicted molar refractivity (Wildman–Crippen MR) is 118 cm³/mol. The van der Waals surface area contributed by atoms with E-state index in [-0.39, 0.29) is 42.6 Å². The summed E-state index contributed by atoms with van der Waals surface area (Å²) in [4.78, 5) is 31.8. The van der Waals surface area contributed by atoms with Crippen LogP contribution in [-0.2, 0) is 11.2 Å². The van der Waals surface area contributed by atoms with Gasteiger partial charge in [0.1, 0.15) is 11.5 Å². The van der Waals surface area contributed by atoms with Gasteiger partial charge in [0.15, 0.2) is 17.3 Å². The first-order valence-corrected chi connectivity index (χ1v) is 10.7. The van der Waals surface area contributed by atoms with Crippen LogP contribution in [0, 0.1) is 5.82 Å². The van der Waals surface area contributed by atoms with E-state index in [0.717, 1.165) is 5.69 Å². The number of benzene rings is 2. The Bertz CT molecular complexity index is 1220. The number of hydrogen-bond donors (Lipinski definition) is 1. The molecule has 9 nitrogen and oxygen atoms in total. The van der Waals surface area contributed by atoms with Crippen LogP contribution in [0.15, 0.2) is 47.3 Å². The summed E-state index contributed by atoms with van der Waals surface area (Å²) in [5.41, 5.74) is 1.45. The molecule has 0 saturated carbocycles. The van der Waals surface area contributed by atoms with E-state index in [4.69, 9.17) is 9.47 Å². The number of nitrogens with one attached hydrogen (secondary N) is 1. The molecular formula is C23H22FN5O4. The van der Waals surface area contributed by atoms with E-state index in [0.29, 0.717) is 49.1 Å². The van der Waals surface area contributed by atoms with E-state index in [9.17, 15) is 14.0 Å². The highest BCUT2D eigenvalue weighted by atomic mass is 19.1. The number of aromatic amines is 1. The molecular weight excluding hydrogens is 429 g/mol. The average Bonchev–Trinajstić information content (AvgIpc) is 3.32. The second kappa shape index (κ2) is 8.89. The van der Waals surface area contributed by atoms with Gasteiger partial charge in [0.25, 0.3) is 5.56 Å². The highest BCUT2D eigenvalue weighted by molar-refractivity contribution is 5.76. The van der Waals surface area contributed by atoms with Crippen molar-refractivity contribution in [1.29, 1.82) is 0 Å². The van der Waals surface area contributed by atoms with E-state index in [1.807, 2.05) is 0 Å². The number of amides is 1. The number of rotatable bonds is 5. The first-order chi connectivity index (χ1) is 16.1. The Kier molecular flexibility index (Phi) is 5.64. The van der Waals surface area contributed by atoms with Crippen LogP contribution in [0.3, 0.4) is 0 Å². The van der Waals surface area contributed by atoms with Gasteiger partial charge in [0.2, 0.25) is 12.7 Å². The van der Waals surface area contributed by atoms with Gasteiger partial charge in [0, 0.05) is 50.3 Å². The fourth-order valence-electron chi connectivity index (χ4n) is 3.95. The molecule has 10 heteroatoms. The second-order valence-corrected chi connectivity index (χ2v) is 7.86. The number of aromatic nitrogens is 3. The molecule has 3 aromatic rings. The third-order valence-corrected chi connectivity index (χ3v) is 5.81. The number of H-pyrrole nitrogens is 1. The Morgan fingerprint density at radius 2 is 1.76 bits per heavy atom. The van der Waals surface area contributed by atoms with E-state index >= 15 is 0 Å². The zero-order valence-electron chi connectivity index (χ0n) is 17.8. The summed E-state index contributed by atoms with van der Waals surface area (Å²) in [6.45, 7) is 2.64. The second-order valence-electron chi connectivity index (χ2n) is 7.86. The van der Waals surface area contributed by atoms with Crippen LogP contribution in [0.5, 0.6) is 11.5 Å². The average molecular weight is 451 g/mol. The first-order valence-electron chi connectivity index (χ1n) is 10.7. The highest BCUT2D eigenvalue weighted by Crippen LogP contribution is 2.34. The molecule has 0 bridgehead atoms. The third kappa shape index (κ3) is 4.50. The molecule has 0 radical (unpaired) electrons. The van der Waals surface area contributed by atoms with Gasteiger partial charge in [-0.15, -0.1) is 10.2 Å². The molecule has 1 aromatic heterocycles. The number of carbonyl (C=O) groups excluding carboxylic acids is 1. The third-order valence-electron chi connectivity index (χ3n) is 5.81. The number of hydrogen-bond acceptors (Lipinski definition) is 7. The minimum absolute atomic E-state index is 0.0326. The van der Waals surface area contributed by atoms with E-state index in [2.05, 4.69) is 20.1 Å². The van der Waals surface area contributed by atoms with Gasteiger partial charge in [-0.3, -0.25) is 9.59 Å². The summed E-state index contributed by atoms with van der Waals surface area (Å²) in [6.07, 6.45) is 0.387. The molecule has 2 aliphatic rings. The lowest BCUT2D eigenvalue weighted by Gasteiger charge is -2.36. The summed E-state index contributed by atoms with van der Waals surface area (Å²) in [5, 5.41) is 8.16. The van der Waals surface area contributed by atoms with Crippen LogP contribution < -0.4 is 19.9 Å². The molecule has 0 aliphatic carbocycles. The molecule has 1 N–H and O–H groups in total. The fraction of sp³-hybridized carbons (Fsp3) is 0.304. The number of aryl methyl sites for hydroxylation is 1. The smallest absolute Gasteiger partial charge is 0.273 e. The van der Waals surface area contributed by atoms with Crippen LogP contribution >= 0.6 is 0 Å². The van der Waals surface area contributed by atoms with Gasteiger partial charge in [-0.2, -0.15) is 0 Å². The molecule has 2 aromatic carbocycles.